The molecule has 0 aromatic heterocycles. The summed E-state index contributed by atoms with van der Waals surface area (Å²) in [5.41, 5.74) is 0.371. The van der Waals surface area contributed by atoms with Gasteiger partial charge in [-0.3, -0.25) is 4.79 Å². The van der Waals surface area contributed by atoms with Crippen molar-refractivity contribution in [2.45, 2.75) is 18.2 Å². The topological polar surface area (TPSA) is 87.0 Å². The van der Waals surface area contributed by atoms with Crippen molar-refractivity contribution in [3.63, 3.8) is 0 Å². The number of benzene rings is 1. The molecule has 6 heteroatoms. The van der Waals surface area contributed by atoms with E-state index in [9.17, 15) is 13.2 Å². The van der Waals surface area contributed by atoms with Gasteiger partial charge in [0.15, 0.2) is 0 Å². The van der Waals surface area contributed by atoms with Crippen LogP contribution in [0.1, 0.15) is 18.9 Å². The summed E-state index contributed by atoms with van der Waals surface area (Å²) in [5.74, 6) is -0.397. The summed E-state index contributed by atoms with van der Waals surface area (Å²) < 4.78 is 25.8. The third-order valence-electron chi connectivity index (χ3n) is 2.97. The van der Waals surface area contributed by atoms with Crippen molar-refractivity contribution in [3.8, 4) is 6.07 Å². The van der Waals surface area contributed by atoms with Crippen LogP contribution in [0.25, 0.3) is 0 Å². The fraction of sp³-hybridized carbons (Fsp3) is 0.333. The number of carbonyl (C=O) groups excluding carboxylic acids is 1. The number of nitriles is 1. The predicted molar refractivity (Wildman–Crippen MR) is 63.8 cm³/mol. The molecule has 1 aromatic rings. The zero-order chi connectivity index (χ0) is 13.3. The fourth-order valence-corrected chi connectivity index (χ4v) is 2.69. The first-order chi connectivity index (χ1) is 8.44. The Hall–Kier alpha value is -1.87. The molecule has 1 aromatic carbocycles. The molecule has 0 spiro atoms. The number of hydrogen-bond acceptors (Lipinski definition) is 4. The van der Waals surface area contributed by atoms with Gasteiger partial charge in [-0.05, 0) is 36.6 Å². The molecule has 0 aliphatic heterocycles. The molecule has 1 saturated carbocycles. The maximum absolute atomic E-state index is 11.9. The Morgan fingerprint density at radius 3 is 2.39 bits per heavy atom. The van der Waals surface area contributed by atoms with Crippen molar-refractivity contribution in [2.75, 3.05) is 0 Å². The molecule has 1 aliphatic rings. The summed E-state index contributed by atoms with van der Waals surface area (Å²) in [6.45, 7) is 1.90. The average molecular weight is 264 g/mol. The molecule has 2 rings (SSSR count). The molecule has 1 aliphatic carbocycles. The highest BCUT2D eigenvalue weighted by molar-refractivity contribution is 7.90. The van der Waals surface area contributed by atoms with Crippen LogP contribution < -0.4 is 4.72 Å². The largest absolute Gasteiger partial charge is 0.274 e. The van der Waals surface area contributed by atoms with Crippen LogP contribution in [0.15, 0.2) is 29.2 Å². The first-order valence-corrected chi connectivity index (χ1v) is 6.99. The van der Waals surface area contributed by atoms with E-state index in [2.05, 4.69) is 4.72 Å². The number of nitrogens with one attached hydrogen (secondary N) is 1. The van der Waals surface area contributed by atoms with E-state index in [0.29, 0.717) is 5.56 Å². The Labute approximate surface area is 105 Å². The van der Waals surface area contributed by atoms with E-state index in [-0.39, 0.29) is 16.7 Å². The van der Waals surface area contributed by atoms with Gasteiger partial charge in [0, 0.05) is 5.92 Å². The van der Waals surface area contributed by atoms with Crippen molar-refractivity contribution < 1.29 is 13.2 Å². The zero-order valence-corrected chi connectivity index (χ0v) is 10.6. The summed E-state index contributed by atoms with van der Waals surface area (Å²) in [6, 6.07) is 7.32. The third-order valence-corrected chi connectivity index (χ3v) is 4.34. The van der Waals surface area contributed by atoms with Gasteiger partial charge in [-0.2, -0.15) is 5.26 Å². The SMILES string of the molecule is C[C@@H]1C[C@H]1C(=O)NS(=O)(=O)c1ccc(C#N)cc1. The lowest BCUT2D eigenvalue weighted by Crippen LogP contribution is -2.32. The first kappa shape index (κ1) is 12.6. The van der Waals surface area contributed by atoms with Crippen molar-refractivity contribution in [1.29, 1.82) is 5.26 Å². The van der Waals surface area contributed by atoms with E-state index in [1.54, 1.807) is 0 Å². The van der Waals surface area contributed by atoms with Crippen LogP contribution >= 0.6 is 0 Å². The highest BCUT2D eigenvalue weighted by Crippen LogP contribution is 2.37. The Morgan fingerprint density at radius 2 is 1.94 bits per heavy atom. The van der Waals surface area contributed by atoms with Gasteiger partial charge in [-0.1, -0.05) is 6.92 Å². The number of hydrogen-bond donors (Lipinski definition) is 1. The average Bonchev–Trinajstić information content (AvgIpc) is 3.06. The Kier molecular flexibility index (Phi) is 3.09. The van der Waals surface area contributed by atoms with Gasteiger partial charge in [0.1, 0.15) is 0 Å². The van der Waals surface area contributed by atoms with Crippen molar-refractivity contribution in [3.05, 3.63) is 29.8 Å². The summed E-state index contributed by atoms with van der Waals surface area (Å²) in [4.78, 5) is 11.6. The zero-order valence-electron chi connectivity index (χ0n) is 9.75. The smallest absolute Gasteiger partial charge is 0.264 e. The predicted octanol–water partition coefficient (Wildman–Crippen LogP) is 1.02. The number of rotatable bonds is 3. The Balaban J connectivity index is 2.15. The van der Waals surface area contributed by atoms with Crippen LogP contribution in [-0.2, 0) is 14.8 Å². The number of nitrogens with zero attached hydrogens (tertiary/aromatic N) is 1. The molecule has 1 N–H and O–H groups in total. The number of amides is 1. The molecule has 0 radical (unpaired) electrons. The van der Waals surface area contributed by atoms with Crippen LogP contribution in [0.2, 0.25) is 0 Å². The third kappa shape index (κ3) is 2.51. The Morgan fingerprint density at radius 1 is 1.39 bits per heavy atom. The maximum Gasteiger partial charge on any atom is 0.264 e. The van der Waals surface area contributed by atoms with E-state index < -0.39 is 15.9 Å². The van der Waals surface area contributed by atoms with E-state index in [0.717, 1.165) is 6.42 Å². The lowest BCUT2D eigenvalue weighted by Gasteiger charge is -2.06. The molecular weight excluding hydrogens is 252 g/mol. The molecule has 0 saturated heterocycles. The first-order valence-electron chi connectivity index (χ1n) is 5.51. The van der Waals surface area contributed by atoms with E-state index in [1.807, 2.05) is 13.0 Å². The lowest BCUT2D eigenvalue weighted by molar-refractivity contribution is -0.120. The molecule has 94 valence electrons. The maximum atomic E-state index is 11.9. The second-order valence-electron chi connectivity index (χ2n) is 4.43. The monoisotopic (exact) mass is 264 g/mol. The van der Waals surface area contributed by atoms with Crippen LogP contribution in [-0.4, -0.2) is 14.3 Å². The second kappa shape index (κ2) is 4.42. The van der Waals surface area contributed by atoms with Gasteiger partial charge in [-0.25, -0.2) is 13.1 Å². The molecular formula is C12H12N2O3S. The van der Waals surface area contributed by atoms with Crippen LogP contribution in [0.5, 0.6) is 0 Å². The summed E-state index contributed by atoms with van der Waals surface area (Å²) in [7, 11) is -3.82. The quantitative estimate of drug-likeness (QED) is 0.883. The fourth-order valence-electron chi connectivity index (χ4n) is 1.66. The second-order valence-corrected chi connectivity index (χ2v) is 6.11. The standard InChI is InChI=1S/C12H12N2O3S/c1-8-6-11(8)12(15)14-18(16,17)10-4-2-9(7-13)3-5-10/h2-5,8,11H,6H2,1H3,(H,14,15)/t8-,11-/m1/s1. The molecule has 0 heterocycles. The highest BCUT2D eigenvalue weighted by Gasteiger charge is 2.40. The molecule has 1 amide bonds. The van der Waals surface area contributed by atoms with Crippen molar-refractivity contribution in [1.82, 2.24) is 4.72 Å². The summed E-state index contributed by atoms with van der Waals surface area (Å²) >= 11 is 0. The Bertz CT molecular complexity index is 614. The minimum Gasteiger partial charge on any atom is -0.274 e. The van der Waals surface area contributed by atoms with Crippen molar-refractivity contribution in [2.24, 2.45) is 11.8 Å². The molecule has 2 atom stereocenters. The minimum atomic E-state index is -3.82. The van der Waals surface area contributed by atoms with E-state index in [4.69, 9.17) is 5.26 Å². The minimum absolute atomic E-state index is 0.0110. The van der Waals surface area contributed by atoms with Crippen molar-refractivity contribution >= 4 is 15.9 Å². The lowest BCUT2D eigenvalue weighted by atomic mass is 10.2. The van der Waals surface area contributed by atoms with E-state index in [1.165, 1.54) is 24.3 Å². The van der Waals surface area contributed by atoms with Gasteiger partial charge >= 0.3 is 0 Å². The highest BCUT2D eigenvalue weighted by atomic mass is 32.2. The normalized spacial score (nSPS) is 22.0. The van der Waals surface area contributed by atoms with Gasteiger partial charge < -0.3 is 0 Å². The van der Waals surface area contributed by atoms with Crippen LogP contribution in [0.4, 0.5) is 0 Å². The van der Waals surface area contributed by atoms with Gasteiger partial charge in [0.25, 0.3) is 10.0 Å². The van der Waals surface area contributed by atoms with Gasteiger partial charge in [0.05, 0.1) is 16.5 Å². The van der Waals surface area contributed by atoms with Gasteiger partial charge in [0.2, 0.25) is 5.91 Å². The summed E-state index contributed by atoms with van der Waals surface area (Å²) in [6.07, 6.45) is 0.731. The van der Waals surface area contributed by atoms with E-state index >= 15 is 0 Å². The molecule has 5 nitrogen and oxygen atoms in total. The summed E-state index contributed by atoms with van der Waals surface area (Å²) in [5, 5.41) is 8.62. The molecule has 0 bridgehead atoms. The van der Waals surface area contributed by atoms with Crippen LogP contribution in [0, 0.1) is 23.2 Å². The molecule has 18 heavy (non-hydrogen) atoms. The molecule has 0 unspecified atom stereocenters. The molecule has 1 fully saturated rings. The van der Waals surface area contributed by atoms with Gasteiger partial charge in [-0.15, -0.1) is 0 Å². The number of sulfonamides is 1. The number of carbonyl (C=O) groups is 1. The van der Waals surface area contributed by atoms with Crippen LogP contribution in [0.3, 0.4) is 0 Å².